The van der Waals surface area contributed by atoms with Gasteiger partial charge in [-0.25, -0.2) is 4.79 Å². The first kappa shape index (κ1) is 15.6. The molecule has 0 amide bonds. The number of hydrogen-bond acceptors (Lipinski definition) is 6. The maximum absolute atomic E-state index is 11.8. The van der Waals surface area contributed by atoms with Crippen molar-refractivity contribution in [1.82, 2.24) is 0 Å². The van der Waals surface area contributed by atoms with Gasteiger partial charge in [0.25, 0.3) is 0 Å². The first-order valence-corrected chi connectivity index (χ1v) is 7.19. The van der Waals surface area contributed by atoms with E-state index in [-0.39, 0.29) is 23.7 Å². The summed E-state index contributed by atoms with van der Waals surface area (Å²) < 4.78 is 15.6. The normalized spacial score (nSPS) is 10.5. The van der Waals surface area contributed by atoms with Gasteiger partial charge in [0.05, 0.1) is 5.39 Å². The van der Waals surface area contributed by atoms with Crippen molar-refractivity contribution in [3.63, 3.8) is 0 Å². The molecular formula is C18H14O6. The lowest BCUT2D eigenvalue weighted by atomic mass is 10.2. The van der Waals surface area contributed by atoms with Crippen LogP contribution in [0.5, 0.6) is 17.2 Å². The molecule has 0 saturated carbocycles. The number of hydrogen-bond donors (Lipinski definition) is 1. The van der Waals surface area contributed by atoms with E-state index in [2.05, 4.69) is 0 Å². The van der Waals surface area contributed by atoms with Crippen LogP contribution >= 0.6 is 0 Å². The molecule has 0 bridgehead atoms. The SMILES string of the molecule is CC(=O)Oc1ccc2c(OCc3ccccc3)c(O)c(=O)oc2c1. The summed E-state index contributed by atoms with van der Waals surface area (Å²) in [4.78, 5) is 22.8. The fourth-order valence-electron chi connectivity index (χ4n) is 2.25. The van der Waals surface area contributed by atoms with E-state index in [0.29, 0.717) is 5.39 Å². The third-order valence-corrected chi connectivity index (χ3v) is 3.30. The van der Waals surface area contributed by atoms with Crippen LogP contribution in [0.1, 0.15) is 12.5 Å². The molecule has 3 rings (SSSR count). The van der Waals surface area contributed by atoms with E-state index < -0.39 is 17.3 Å². The average molecular weight is 326 g/mol. The minimum Gasteiger partial charge on any atom is -0.499 e. The summed E-state index contributed by atoms with van der Waals surface area (Å²) in [5.41, 5.74) is 0.111. The van der Waals surface area contributed by atoms with Crippen LogP contribution in [-0.2, 0) is 11.4 Å². The van der Waals surface area contributed by atoms with Gasteiger partial charge in [-0.2, -0.15) is 0 Å². The molecule has 3 aromatic rings. The molecule has 1 N–H and O–H groups in total. The predicted octanol–water partition coefficient (Wildman–Crippen LogP) is 3.00. The molecule has 122 valence electrons. The number of carbonyl (C=O) groups is 1. The fourth-order valence-corrected chi connectivity index (χ4v) is 2.25. The third-order valence-electron chi connectivity index (χ3n) is 3.30. The van der Waals surface area contributed by atoms with Gasteiger partial charge in [0.15, 0.2) is 5.75 Å². The monoisotopic (exact) mass is 326 g/mol. The van der Waals surface area contributed by atoms with Crippen LogP contribution in [0.4, 0.5) is 0 Å². The van der Waals surface area contributed by atoms with Crippen molar-refractivity contribution >= 4 is 16.9 Å². The lowest BCUT2D eigenvalue weighted by molar-refractivity contribution is -0.131. The minimum absolute atomic E-state index is 0.0273. The topological polar surface area (TPSA) is 86.0 Å². The van der Waals surface area contributed by atoms with Crippen molar-refractivity contribution in [2.24, 2.45) is 0 Å². The van der Waals surface area contributed by atoms with E-state index in [1.54, 1.807) is 6.07 Å². The molecule has 1 heterocycles. The van der Waals surface area contributed by atoms with E-state index in [9.17, 15) is 14.7 Å². The molecule has 0 spiro atoms. The Morgan fingerprint density at radius 2 is 1.92 bits per heavy atom. The van der Waals surface area contributed by atoms with Crippen LogP contribution in [0.3, 0.4) is 0 Å². The van der Waals surface area contributed by atoms with Crippen molar-refractivity contribution in [3.05, 3.63) is 64.5 Å². The zero-order valence-corrected chi connectivity index (χ0v) is 12.8. The van der Waals surface area contributed by atoms with Crippen molar-refractivity contribution in [2.75, 3.05) is 0 Å². The Morgan fingerprint density at radius 3 is 2.62 bits per heavy atom. The number of benzene rings is 2. The van der Waals surface area contributed by atoms with E-state index in [0.717, 1.165) is 5.56 Å². The van der Waals surface area contributed by atoms with Crippen LogP contribution in [0.2, 0.25) is 0 Å². The first-order chi connectivity index (χ1) is 11.5. The molecule has 0 aliphatic heterocycles. The number of fused-ring (bicyclic) bond motifs is 1. The molecule has 0 unspecified atom stereocenters. The summed E-state index contributed by atoms with van der Waals surface area (Å²) in [6, 6.07) is 13.8. The molecule has 6 heteroatoms. The molecule has 0 aliphatic rings. The summed E-state index contributed by atoms with van der Waals surface area (Å²) in [5.74, 6) is -0.827. The fraction of sp³-hybridized carbons (Fsp3) is 0.111. The standard InChI is InChI=1S/C18H14O6/c1-11(19)23-13-7-8-14-15(9-13)24-18(21)16(20)17(14)22-10-12-5-3-2-4-6-12/h2-9,20H,10H2,1H3. The maximum Gasteiger partial charge on any atom is 0.382 e. The average Bonchev–Trinajstić information content (AvgIpc) is 2.56. The van der Waals surface area contributed by atoms with Gasteiger partial charge in [-0.15, -0.1) is 0 Å². The van der Waals surface area contributed by atoms with Crippen LogP contribution in [0.25, 0.3) is 11.0 Å². The van der Waals surface area contributed by atoms with Crippen LogP contribution < -0.4 is 15.1 Å². The van der Waals surface area contributed by atoms with Crippen molar-refractivity contribution in [1.29, 1.82) is 0 Å². The van der Waals surface area contributed by atoms with Crippen LogP contribution in [0.15, 0.2) is 57.7 Å². The largest absolute Gasteiger partial charge is 0.499 e. The van der Waals surface area contributed by atoms with E-state index in [1.165, 1.54) is 19.1 Å². The quantitative estimate of drug-likeness (QED) is 0.450. The maximum atomic E-state index is 11.8. The summed E-state index contributed by atoms with van der Waals surface area (Å²) in [7, 11) is 0. The number of aromatic hydroxyl groups is 1. The van der Waals surface area contributed by atoms with Crippen molar-refractivity contribution in [3.8, 4) is 17.2 Å². The van der Waals surface area contributed by atoms with Gasteiger partial charge in [0.2, 0.25) is 5.75 Å². The highest BCUT2D eigenvalue weighted by molar-refractivity contribution is 5.87. The Labute approximate surface area is 136 Å². The highest BCUT2D eigenvalue weighted by Gasteiger charge is 2.16. The van der Waals surface area contributed by atoms with Gasteiger partial charge < -0.3 is 19.0 Å². The summed E-state index contributed by atoms with van der Waals surface area (Å²) in [5, 5.41) is 10.4. The molecule has 6 nitrogen and oxygen atoms in total. The van der Waals surface area contributed by atoms with Gasteiger partial charge in [-0.1, -0.05) is 30.3 Å². The highest BCUT2D eigenvalue weighted by atomic mass is 16.5. The minimum atomic E-state index is -0.925. The summed E-state index contributed by atoms with van der Waals surface area (Å²) in [6.07, 6.45) is 0. The first-order valence-electron chi connectivity index (χ1n) is 7.19. The predicted molar refractivity (Wildman–Crippen MR) is 86.2 cm³/mol. The molecule has 0 aliphatic carbocycles. The summed E-state index contributed by atoms with van der Waals surface area (Å²) >= 11 is 0. The second kappa shape index (κ2) is 6.45. The Kier molecular flexibility index (Phi) is 4.20. The molecule has 0 saturated heterocycles. The second-order valence-corrected chi connectivity index (χ2v) is 5.09. The van der Waals surface area contributed by atoms with Crippen molar-refractivity contribution in [2.45, 2.75) is 13.5 Å². The van der Waals surface area contributed by atoms with Gasteiger partial charge in [0.1, 0.15) is 17.9 Å². The Hall–Kier alpha value is -3.28. The molecule has 0 radical (unpaired) electrons. The Balaban J connectivity index is 2.00. The third kappa shape index (κ3) is 3.22. The van der Waals surface area contributed by atoms with Crippen LogP contribution in [0, 0.1) is 0 Å². The van der Waals surface area contributed by atoms with Gasteiger partial charge in [0, 0.05) is 13.0 Å². The number of carbonyl (C=O) groups excluding carboxylic acids is 1. The van der Waals surface area contributed by atoms with E-state index in [4.69, 9.17) is 13.9 Å². The zero-order valence-electron chi connectivity index (χ0n) is 12.8. The molecule has 0 fully saturated rings. The number of ether oxygens (including phenoxy) is 2. The molecular weight excluding hydrogens is 312 g/mol. The zero-order chi connectivity index (χ0) is 17.1. The molecule has 2 aromatic carbocycles. The van der Waals surface area contributed by atoms with Gasteiger partial charge >= 0.3 is 11.6 Å². The smallest absolute Gasteiger partial charge is 0.382 e. The van der Waals surface area contributed by atoms with Gasteiger partial charge in [-0.05, 0) is 17.7 Å². The number of rotatable bonds is 4. The molecule has 0 atom stereocenters. The lowest BCUT2D eigenvalue weighted by Gasteiger charge is -2.11. The van der Waals surface area contributed by atoms with Crippen molar-refractivity contribution < 1.29 is 23.8 Å². The lowest BCUT2D eigenvalue weighted by Crippen LogP contribution is -2.05. The Morgan fingerprint density at radius 1 is 1.17 bits per heavy atom. The van der Waals surface area contributed by atoms with Crippen LogP contribution in [-0.4, -0.2) is 11.1 Å². The Bertz CT molecular complexity index is 943. The second-order valence-electron chi connectivity index (χ2n) is 5.09. The highest BCUT2D eigenvalue weighted by Crippen LogP contribution is 2.34. The molecule has 1 aromatic heterocycles. The van der Waals surface area contributed by atoms with E-state index >= 15 is 0 Å². The summed E-state index contributed by atoms with van der Waals surface area (Å²) in [6.45, 7) is 1.45. The molecule has 24 heavy (non-hydrogen) atoms. The van der Waals surface area contributed by atoms with E-state index in [1.807, 2.05) is 30.3 Å². The number of esters is 1. The van der Waals surface area contributed by atoms with Gasteiger partial charge in [-0.3, -0.25) is 4.79 Å².